The van der Waals surface area contributed by atoms with Crippen molar-refractivity contribution in [3.8, 4) is 0 Å². The number of carbonyl (C=O) groups excluding carboxylic acids is 1. The van der Waals surface area contributed by atoms with E-state index in [1.165, 1.54) is 32.7 Å². The minimum absolute atomic E-state index is 0. The Morgan fingerprint density at radius 1 is 1.16 bits per heavy atom. The van der Waals surface area contributed by atoms with Crippen molar-refractivity contribution in [2.75, 3.05) is 31.5 Å². The largest absolute Gasteiger partial charge is 0.298 e. The maximum Gasteiger partial charge on any atom is 0.257 e. The Bertz CT molecular complexity index is 971. The van der Waals surface area contributed by atoms with Gasteiger partial charge in [-0.15, -0.1) is 23.7 Å². The third-order valence-electron chi connectivity index (χ3n) is 5.18. The van der Waals surface area contributed by atoms with Crippen LogP contribution in [0.2, 0.25) is 0 Å². The van der Waals surface area contributed by atoms with E-state index in [0.29, 0.717) is 23.8 Å². The van der Waals surface area contributed by atoms with E-state index in [1.54, 1.807) is 12.1 Å². The minimum atomic E-state index is -3.55. The summed E-state index contributed by atoms with van der Waals surface area (Å²) in [6.07, 6.45) is 2.41. The number of nitrogens with zero attached hydrogens (tertiary/aromatic N) is 3. The van der Waals surface area contributed by atoms with Crippen molar-refractivity contribution in [1.29, 1.82) is 0 Å². The Morgan fingerprint density at radius 3 is 2.39 bits per heavy atom. The second-order valence-corrected chi connectivity index (χ2v) is 10.4. The Labute approximate surface area is 195 Å². The van der Waals surface area contributed by atoms with Crippen LogP contribution in [0.5, 0.6) is 0 Å². The number of hydrogen-bond donors (Lipinski definition) is 1. The van der Waals surface area contributed by atoms with Gasteiger partial charge in [-0.3, -0.25) is 15.0 Å². The highest BCUT2D eigenvalue weighted by atomic mass is 35.5. The molecule has 0 spiro atoms. The summed E-state index contributed by atoms with van der Waals surface area (Å²) in [7, 11) is -3.55. The maximum absolute atomic E-state index is 12.9. The molecule has 1 N–H and O–H groups in total. The second-order valence-electron chi connectivity index (χ2n) is 7.39. The number of rotatable bonds is 9. The molecule has 10 heteroatoms. The van der Waals surface area contributed by atoms with E-state index in [1.807, 2.05) is 13.8 Å². The van der Waals surface area contributed by atoms with Crippen molar-refractivity contribution in [2.24, 2.45) is 0 Å². The number of thiazole rings is 1. The number of carbonyl (C=O) groups is 1. The van der Waals surface area contributed by atoms with Crippen LogP contribution < -0.4 is 5.32 Å². The third-order valence-corrected chi connectivity index (χ3v) is 8.09. The number of amides is 1. The predicted octanol–water partition coefficient (Wildman–Crippen LogP) is 4.01. The van der Waals surface area contributed by atoms with Gasteiger partial charge < -0.3 is 0 Å². The van der Waals surface area contributed by atoms with Gasteiger partial charge in [0.25, 0.3) is 5.91 Å². The maximum atomic E-state index is 12.9. The highest BCUT2D eigenvalue weighted by molar-refractivity contribution is 7.89. The SMILES string of the molecule is CCCN(CCC)S(=O)(=O)c1ccc(C(=O)Nc2nc3c(s2)CN(CC)CC3)cc1.Cl. The lowest BCUT2D eigenvalue weighted by Crippen LogP contribution is -2.32. The number of benzene rings is 1. The van der Waals surface area contributed by atoms with Crippen LogP contribution in [0, 0.1) is 0 Å². The molecule has 0 bridgehead atoms. The van der Waals surface area contributed by atoms with Crippen LogP contribution in [0.15, 0.2) is 29.2 Å². The van der Waals surface area contributed by atoms with E-state index in [-0.39, 0.29) is 23.2 Å². The molecule has 0 aliphatic carbocycles. The topological polar surface area (TPSA) is 82.6 Å². The van der Waals surface area contributed by atoms with E-state index in [9.17, 15) is 13.2 Å². The number of halogens is 1. The van der Waals surface area contributed by atoms with Crippen LogP contribution in [0.1, 0.15) is 54.5 Å². The van der Waals surface area contributed by atoms with Gasteiger partial charge in [-0.05, 0) is 43.7 Å². The average Bonchev–Trinajstić information content (AvgIpc) is 3.14. The van der Waals surface area contributed by atoms with Crippen molar-refractivity contribution in [3.63, 3.8) is 0 Å². The number of sulfonamides is 1. The lowest BCUT2D eigenvalue weighted by atomic mass is 10.2. The summed E-state index contributed by atoms with van der Waals surface area (Å²) in [6, 6.07) is 6.14. The van der Waals surface area contributed by atoms with Gasteiger partial charge in [-0.2, -0.15) is 4.31 Å². The first-order valence-corrected chi connectivity index (χ1v) is 12.8. The van der Waals surface area contributed by atoms with Gasteiger partial charge >= 0.3 is 0 Å². The van der Waals surface area contributed by atoms with Crippen LogP contribution in [-0.2, 0) is 23.0 Å². The number of aromatic nitrogens is 1. The minimum Gasteiger partial charge on any atom is -0.298 e. The fraction of sp³-hybridized carbons (Fsp3) is 0.524. The average molecular weight is 487 g/mol. The summed E-state index contributed by atoms with van der Waals surface area (Å²) in [6.45, 7) is 9.90. The highest BCUT2D eigenvalue weighted by Gasteiger charge is 2.24. The molecule has 0 unspecified atom stereocenters. The van der Waals surface area contributed by atoms with Crippen molar-refractivity contribution in [2.45, 2.75) is 51.5 Å². The monoisotopic (exact) mass is 486 g/mol. The Kier molecular flexibility index (Phi) is 9.45. The van der Waals surface area contributed by atoms with Crippen LogP contribution in [0.3, 0.4) is 0 Å². The van der Waals surface area contributed by atoms with E-state index in [2.05, 4.69) is 22.1 Å². The number of hydrogen-bond acceptors (Lipinski definition) is 6. The van der Waals surface area contributed by atoms with Gasteiger partial charge in [0.1, 0.15) is 0 Å². The summed E-state index contributed by atoms with van der Waals surface area (Å²) in [4.78, 5) is 21.0. The molecule has 172 valence electrons. The van der Waals surface area contributed by atoms with Crippen LogP contribution in [-0.4, -0.2) is 54.7 Å². The Morgan fingerprint density at radius 2 is 1.81 bits per heavy atom. The first kappa shape index (κ1) is 25.7. The Balaban J connectivity index is 0.00000341. The first-order valence-electron chi connectivity index (χ1n) is 10.5. The smallest absolute Gasteiger partial charge is 0.257 e. The fourth-order valence-corrected chi connectivity index (χ4v) is 6.19. The highest BCUT2D eigenvalue weighted by Crippen LogP contribution is 2.28. The van der Waals surface area contributed by atoms with E-state index in [4.69, 9.17) is 0 Å². The standard InChI is InChI=1S/C21H30N4O3S2.ClH/c1-4-12-25(13-5-2)30(27,28)17-9-7-16(8-10-17)20(26)23-21-22-18-11-14-24(6-3)15-19(18)29-21;/h7-10H,4-6,11-15H2,1-3H3,(H,22,23,26);1H. The van der Waals surface area contributed by atoms with Gasteiger partial charge in [0.05, 0.1) is 10.6 Å². The van der Waals surface area contributed by atoms with Crippen LogP contribution in [0.4, 0.5) is 5.13 Å². The molecule has 0 radical (unpaired) electrons. The predicted molar refractivity (Wildman–Crippen MR) is 128 cm³/mol. The van der Waals surface area contributed by atoms with Crippen LogP contribution in [0.25, 0.3) is 0 Å². The summed E-state index contributed by atoms with van der Waals surface area (Å²) >= 11 is 1.51. The zero-order chi connectivity index (χ0) is 21.7. The molecule has 1 amide bonds. The summed E-state index contributed by atoms with van der Waals surface area (Å²) in [5.41, 5.74) is 1.48. The van der Waals surface area contributed by atoms with Gasteiger partial charge in [0.2, 0.25) is 10.0 Å². The molecule has 7 nitrogen and oxygen atoms in total. The molecule has 2 aromatic rings. The lowest BCUT2D eigenvalue weighted by molar-refractivity contribution is 0.102. The number of fused-ring (bicyclic) bond motifs is 1. The second kappa shape index (κ2) is 11.4. The molecular formula is C21H31ClN4O3S2. The molecule has 3 rings (SSSR count). The zero-order valence-corrected chi connectivity index (χ0v) is 20.7. The van der Waals surface area contributed by atoms with Crippen molar-refractivity contribution in [1.82, 2.24) is 14.2 Å². The van der Waals surface area contributed by atoms with Crippen molar-refractivity contribution in [3.05, 3.63) is 40.4 Å². The van der Waals surface area contributed by atoms with Crippen molar-refractivity contribution < 1.29 is 13.2 Å². The number of likely N-dealkylation sites (N-methyl/N-ethyl adjacent to an activating group) is 1. The summed E-state index contributed by atoms with van der Waals surface area (Å²) in [5, 5.41) is 3.45. The molecule has 0 fully saturated rings. The molecule has 1 aliphatic heterocycles. The van der Waals surface area contributed by atoms with Gasteiger partial charge in [0.15, 0.2) is 5.13 Å². The molecule has 0 atom stereocenters. The quantitative estimate of drug-likeness (QED) is 0.579. The number of anilines is 1. The summed E-state index contributed by atoms with van der Waals surface area (Å²) < 4.78 is 27.2. The van der Waals surface area contributed by atoms with Gasteiger partial charge in [-0.1, -0.05) is 20.8 Å². The normalized spacial score (nSPS) is 14.2. The third kappa shape index (κ3) is 6.04. The lowest BCUT2D eigenvalue weighted by Gasteiger charge is -2.23. The van der Waals surface area contributed by atoms with E-state index < -0.39 is 10.0 Å². The zero-order valence-electron chi connectivity index (χ0n) is 18.3. The summed E-state index contributed by atoms with van der Waals surface area (Å²) in [5.74, 6) is -0.281. The molecule has 2 heterocycles. The molecular weight excluding hydrogens is 456 g/mol. The molecule has 0 saturated carbocycles. The van der Waals surface area contributed by atoms with E-state index >= 15 is 0 Å². The molecule has 1 aromatic carbocycles. The van der Waals surface area contributed by atoms with E-state index in [0.717, 1.165) is 44.6 Å². The van der Waals surface area contributed by atoms with Gasteiger partial charge in [0, 0.05) is 43.0 Å². The van der Waals surface area contributed by atoms with Gasteiger partial charge in [-0.25, -0.2) is 13.4 Å². The Hall–Kier alpha value is -1.52. The first-order chi connectivity index (χ1) is 14.4. The molecule has 0 saturated heterocycles. The van der Waals surface area contributed by atoms with Crippen molar-refractivity contribution >= 4 is 44.8 Å². The molecule has 1 aromatic heterocycles. The number of nitrogens with one attached hydrogen (secondary N) is 1. The fourth-order valence-electron chi connectivity index (χ4n) is 3.52. The molecule has 31 heavy (non-hydrogen) atoms. The molecule has 1 aliphatic rings. The van der Waals surface area contributed by atoms with Crippen LogP contribution >= 0.6 is 23.7 Å².